The zero-order chi connectivity index (χ0) is 14.5. The molecule has 0 bridgehead atoms. The molecule has 5 heteroatoms. The van der Waals surface area contributed by atoms with Crippen LogP contribution in [-0.4, -0.2) is 29.7 Å². The molecule has 2 aromatic rings. The molecule has 1 aromatic heterocycles. The summed E-state index contributed by atoms with van der Waals surface area (Å²) in [6.45, 7) is 0.713. The topological polar surface area (TPSA) is 79.5 Å². The third kappa shape index (κ3) is 3.26. The van der Waals surface area contributed by atoms with Gasteiger partial charge in [0.05, 0.1) is 16.9 Å². The van der Waals surface area contributed by atoms with Crippen LogP contribution in [0.3, 0.4) is 0 Å². The molecule has 0 fully saturated rings. The number of carboxylic acid groups (broad SMARTS) is 1. The fourth-order valence-corrected chi connectivity index (χ4v) is 1.96. The first kappa shape index (κ1) is 13.9. The minimum Gasteiger partial charge on any atom is -0.478 e. The maximum Gasteiger partial charge on any atom is 0.335 e. The Morgan fingerprint density at radius 2 is 2.15 bits per heavy atom. The smallest absolute Gasteiger partial charge is 0.335 e. The molecule has 1 heterocycles. The molecule has 2 rings (SSSR count). The van der Waals surface area contributed by atoms with Crippen LogP contribution in [0.25, 0.3) is 0 Å². The summed E-state index contributed by atoms with van der Waals surface area (Å²) in [6.07, 6.45) is 2.53. The predicted octanol–water partition coefficient (Wildman–Crippen LogP) is 2.04. The van der Waals surface area contributed by atoms with E-state index in [1.54, 1.807) is 18.3 Å². The fourth-order valence-electron chi connectivity index (χ4n) is 1.96. The van der Waals surface area contributed by atoms with E-state index in [0.717, 1.165) is 17.8 Å². The number of pyridine rings is 1. The van der Waals surface area contributed by atoms with Gasteiger partial charge in [-0.15, -0.1) is 0 Å². The minimum atomic E-state index is -0.954. The molecule has 0 radical (unpaired) electrons. The van der Waals surface area contributed by atoms with Crippen molar-refractivity contribution < 1.29 is 9.90 Å². The molecule has 0 saturated heterocycles. The number of nitrogens with two attached hydrogens (primary N) is 1. The van der Waals surface area contributed by atoms with E-state index in [4.69, 9.17) is 10.8 Å². The normalized spacial score (nSPS) is 10.2. The van der Waals surface area contributed by atoms with Crippen molar-refractivity contribution in [1.29, 1.82) is 0 Å². The quantitative estimate of drug-likeness (QED) is 0.813. The average Bonchev–Trinajstić information content (AvgIpc) is 2.46. The zero-order valence-corrected chi connectivity index (χ0v) is 11.3. The van der Waals surface area contributed by atoms with Crippen LogP contribution in [0.4, 0.5) is 11.4 Å². The molecular formula is C15H17N3O2. The summed E-state index contributed by atoms with van der Waals surface area (Å²) < 4.78 is 0. The maximum absolute atomic E-state index is 11.0. The molecule has 5 nitrogen and oxygen atoms in total. The van der Waals surface area contributed by atoms with Gasteiger partial charge in [0.2, 0.25) is 0 Å². The van der Waals surface area contributed by atoms with Crippen molar-refractivity contribution in [2.75, 3.05) is 24.2 Å². The van der Waals surface area contributed by atoms with E-state index in [-0.39, 0.29) is 5.56 Å². The summed E-state index contributed by atoms with van der Waals surface area (Å²) in [6, 6.07) is 10.5. The molecule has 20 heavy (non-hydrogen) atoms. The van der Waals surface area contributed by atoms with E-state index < -0.39 is 5.97 Å². The third-order valence-electron chi connectivity index (χ3n) is 3.12. The van der Waals surface area contributed by atoms with Gasteiger partial charge in [0.15, 0.2) is 0 Å². The molecule has 0 spiro atoms. The molecule has 0 atom stereocenters. The fraction of sp³-hybridized carbons (Fsp3) is 0.200. The highest BCUT2D eigenvalue weighted by atomic mass is 16.4. The van der Waals surface area contributed by atoms with Crippen molar-refractivity contribution in [3.05, 3.63) is 53.9 Å². The number of hydrogen-bond acceptors (Lipinski definition) is 4. The Morgan fingerprint density at radius 1 is 1.35 bits per heavy atom. The Labute approximate surface area is 117 Å². The Hall–Kier alpha value is -2.56. The summed E-state index contributed by atoms with van der Waals surface area (Å²) in [5.74, 6) is -0.954. The Kier molecular flexibility index (Phi) is 4.20. The van der Waals surface area contributed by atoms with Crippen molar-refractivity contribution in [1.82, 2.24) is 4.98 Å². The number of carboxylic acids is 1. The van der Waals surface area contributed by atoms with Crippen LogP contribution in [0.15, 0.2) is 42.6 Å². The van der Waals surface area contributed by atoms with Gasteiger partial charge in [-0.3, -0.25) is 4.98 Å². The van der Waals surface area contributed by atoms with Gasteiger partial charge in [-0.2, -0.15) is 0 Å². The van der Waals surface area contributed by atoms with Crippen LogP contribution < -0.4 is 10.6 Å². The van der Waals surface area contributed by atoms with Gasteiger partial charge in [-0.25, -0.2) is 4.79 Å². The van der Waals surface area contributed by atoms with Crippen LogP contribution in [0.2, 0.25) is 0 Å². The first-order valence-corrected chi connectivity index (χ1v) is 6.32. The van der Waals surface area contributed by atoms with Crippen molar-refractivity contribution in [3.63, 3.8) is 0 Å². The first-order valence-electron chi connectivity index (χ1n) is 6.32. The van der Waals surface area contributed by atoms with E-state index in [0.29, 0.717) is 12.2 Å². The summed E-state index contributed by atoms with van der Waals surface area (Å²) in [5.41, 5.74) is 8.43. The second kappa shape index (κ2) is 6.06. The highest BCUT2D eigenvalue weighted by Gasteiger charge is 2.10. The molecule has 1 aromatic carbocycles. The Morgan fingerprint density at radius 3 is 2.80 bits per heavy atom. The van der Waals surface area contributed by atoms with Crippen molar-refractivity contribution in [2.45, 2.75) is 6.42 Å². The number of anilines is 2. The monoisotopic (exact) mass is 271 g/mol. The molecule has 0 unspecified atom stereocenters. The van der Waals surface area contributed by atoms with Crippen LogP contribution >= 0.6 is 0 Å². The SMILES string of the molecule is CN(CCc1ccccn1)c1cc(C(=O)O)ccc1N. The number of hydrogen-bond donors (Lipinski definition) is 2. The standard InChI is InChI=1S/C15H17N3O2/c1-18(9-7-12-4-2-3-8-17-12)14-10-11(15(19)20)5-6-13(14)16/h2-6,8,10H,7,9,16H2,1H3,(H,19,20). The van der Waals surface area contributed by atoms with Crippen molar-refractivity contribution in [2.24, 2.45) is 0 Å². The third-order valence-corrected chi connectivity index (χ3v) is 3.12. The lowest BCUT2D eigenvalue weighted by Crippen LogP contribution is -2.22. The largest absolute Gasteiger partial charge is 0.478 e. The lowest BCUT2D eigenvalue weighted by molar-refractivity contribution is 0.0697. The number of rotatable bonds is 5. The van der Waals surface area contributed by atoms with Gasteiger partial charge in [0.1, 0.15) is 0 Å². The maximum atomic E-state index is 11.0. The number of carbonyl (C=O) groups is 1. The number of aromatic nitrogens is 1. The van der Waals surface area contributed by atoms with Crippen LogP contribution in [0.1, 0.15) is 16.1 Å². The summed E-state index contributed by atoms with van der Waals surface area (Å²) >= 11 is 0. The Bertz CT molecular complexity index is 599. The molecule has 104 valence electrons. The van der Waals surface area contributed by atoms with Crippen molar-refractivity contribution in [3.8, 4) is 0 Å². The lowest BCUT2D eigenvalue weighted by Gasteiger charge is -2.21. The number of likely N-dealkylation sites (N-methyl/N-ethyl adjacent to an activating group) is 1. The first-order chi connectivity index (χ1) is 9.58. The van der Waals surface area contributed by atoms with E-state index in [2.05, 4.69) is 4.98 Å². The van der Waals surface area contributed by atoms with E-state index in [9.17, 15) is 4.79 Å². The number of nitrogen functional groups attached to an aromatic ring is 1. The van der Waals surface area contributed by atoms with E-state index in [1.165, 1.54) is 6.07 Å². The summed E-state index contributed by atoms with van der Waals surface area (Å²) in [4.78, 5) is 17.2. The van der Waals surface area contributed by atoms with E-state index in [1.807, 2.05) is 30.1 Å². The highest BCUT2D eigenvalue weighted by Crippen LogP contribution is 2.23. The predicted molar refractivity (Wildman–Crippen MR) is 79.0 cm³/mol. The Balaban J connectivity index is 2.10. The van der Waals surface area contributed by atoms with Gasteiger partial charge in [0, 0.05) is 31.9 Å². The summed E-state index contributed by atoms with van der Waals surface area (Å²) in [7, 11) is 1.89. The number of aromatic carboxylic acids is 1. The second-order valence-electron chi connectivity index (χ2n) is 4.57. The van der Waals surface area contributed by atoms with Gasteiger partial charge in [-0.05, 0) is 30.3 Å². The molecule has 0 amide bonds. The van der Waals surface area contributed by atoms with Gasteiger partial charge < -0.3 is 15.7 Å². The van der Waals surface area contributed by atoms with Crippen LogP contribution in [-0.2, 0) is 6.42 Å². The number of benzene rings is 1. The highest BCUT2D eigenvalue weighted by molar-refractivity contribution is 5.90. The molecule has 0 aliphatic carbocycles. The average molecular weight is 271 g/mol. The van der Waals surface area contributed by atoms with Crippen LogP contribution in [0, 0.1) is 0 Å². The van der Waals surface area contributed by atoms with Crippen LogP contribution in [0.5, 0.6) is 0 Å². The molecule has 3 N–H and O–H groups in total. The lowest BCUT2D eigenvalue weighted by atomic mass is 10.1. The molecule has 0 saturated carbocycles. The van der Waals surface area contributed by atoms with Gasteiger partial charge in [0.25, 0.3) is 0 Å². The molecule has 0 aliphatic rings. The molecule has 0 aliphatic heterocycles. The summed E-state index contributed by atoms with van der Waals surface area (Å²) in [5, 5.41) is 9.02. The minimum absolute atomic E-state index is 0.235. The number of nitrogens with zero attached hydrogens (tertiary/aromatic N) is 2. The zero-order valence-electron chi connectivity index (χ0n) is 11.3. The van der Waals surface area contributed by atoms with Crippen molar-refractivity contribution >= 4 is 17.3 Å². The van der Waals surface area contributed by atoms with Gasteiger partial charge >= 0.3 is 5.97 Å². The van der Waals surface area contributed by atoms with E-state index >= 15 is 0 Å². The van der Waals surface area contributed by atoms with Gasteiger partial charge in [-0.1, -0.05) is 6.07 Å². The second-order valence-corrected chi connectivity index (χ2v) is 4.57. The molecular weight excluding hydrogens is 254 g/mol.